The van der Waals surface area contributed by atoms with E-state index in [1.165, 1.54) is 33.3 Å². The highest BCUT2D eigenvalue weighted by Crippen LogP contribution is 2.26. The molecule has 0 bridgehead atoms. The predicted molar refractivity (Wildman–Crippen MR) is 112 cm³/mol. The average Bonchev–Trinajstić information content (AvgIpc) is 3.15. The van der Waals surface area contributed by atoms with Gasteiger partial charge in [-0.1, -0.05) is 24.3 Å². The van der Waals surface area contributed by atoms with Gasteiger partial charge in [0, 0.05) is 16.3 Å². The molecule has 6 nitrogen and oxygen atoms in total. The van der Waals surface area contributed by atoms with Crippen molar-refractivity contribution in [3.8, 4) is 11.3 Å². The van der Waals surface area contributed by atoms with E-state index in [4.69, 9.17) is 0 Å². The van der Waals surface area contributed by atoms with Crippen LogP contribution in [0.2, 0.25) is 0 Å². The van der Waals surface area contributed by atoms with Gasteiger partial charge < -0.3 is 5.32 Å². The Morgan fingerprint density at radius 3 is 2.79 bits per heavy atom. The first-order valence-corrected chi connectivity index (χ1v) is 9.67. The summed E-state index contributed by atoms with van der Waals surface area (Å²) in [5.41, 5.74) is 4.74. The molecule has 0 aliphatic rings. The topological polar surface area (TPSA) is 76.9 Å². The van der Waals surface area contributed by atoms with Crippen LogP contribution >= 0.6 is 11.3 Å². The second-order valence-electron chi connectivity index (χ2n) is 6.57. The number of anilines is 1. The van der Waals surface area contributed by atoms with Crippen LogP contribution in [0.5, 0.6) is 0 Å². The zero-order valence-corrected chi connectivity index (χ0v) is 16.3. The van der Waals surface area contributed by atoms with Crippen molar-refractivity contribution in [1.82, 2.24) is 14.8 Å². The van der Waals surface area contributed by atoms with E-state index >= 15 is 0 Å². The SMILES string of the molecule is Cc1ccc(-c2csc(NC(=O)Cn3ncc(=O)c4ccccc43)n2)cc1C. The summed E-state index contributed by atoms with van der Waals surface area (Å²) in [6, 6.07) is 13.3. The van der Waals surface area contributed by atoms with Crippen LogP contribution in [0.4, 0.5) is 5.13 Å². The molecule has 0 saturated heterocycles. The van der Waals surface area contributed by atoms with Crippen LogP contribution in [0, 0.1) is 13.8 Å². The van der Waals surface area contributed by atoms with Crippen molar-refractivity contribution in [3.63, 3.8) is 0 Å². The van der Waals surface area contributed by atoms with Gasteiger partial charge in [0.1, 0.15) is 6.54 Å². The number of nitrogens with one attached hydrogen (secondary N) is 1. The zero-order valence-electron chi connectivity index (χ0n) is 15.5. The first kappa shape index (κ1) is 18.1. The molecule has 0 spiro atoms. The number of amides is 1. The monoisotopic (exact) mass is 390 g/mol. The molecule has 0 radical (unpaired) electrons. The molecule has 0 unspecified atom stereocenters. The lowest BCUT2D eigenvalue weighted by molar-refractivity contribution is -0.116. The molecule has 0 fully saturated rings. The van der Waals surface area contributed by atoms with E-state index in [-0.39, 0.29) is 17.9 Å². The van der Waals surface area contributed by atoms with Gasteiger partial charge in [0.05, 0.1) is 17.4 Å². The van der Waals surface area contributed by atoms with E-state index in [1.807, 2.05) is 17.5 Å². The zero-order chi connectivity index (χ0) is 19.7. The van der Waals surface area contributed by atoms with Gasteiger partial charge in [-0.25, -0.2) is 4.98 Å². The third kappa shape index (κ3) is 3.57. The lowest BCUT2D eigenvalue weighted by Gasteiger charge is -2.08. The summed E-state index contributed by atoms with van der Waals surface area (Å²) in [6.45, 7) is 4.13. The molecule has 140 valence electrons. The van der Waals surface area contributed by atoms with E-state index in [9.17, 15) is 9.59 Å². The smallest absolute Gasteiger partial charge is 0.247 e. The number of para-hydroxylation sites is 1. The number of nitrogens with zero attached hydrogens (tertiary/aromatic N) is 3. The number of carbonyl (C=O) groups excluding carboxylic acids is 1. The molecule has 0 saturated carbocycles. The van der Waals surface area contributed by atoms with E-state index in [0.29, 0.717) is 16.0 Å². The van der Waals surface area contributed by atoms with Crippen molar-refractivity contribution >= 4 is 33.3 Å². The number of fused-ring (bicyclic) bond motifs is 1. The van der Waals surface area contributed by atoms with Crippen LogP contribution in [0.1, 0.15) is 11.1 Å². The minimum absolute atomic E-state index is 0.000648. The van der Waals surface area contributed by atoms with Gasteiger partial charge in [-0.3, -0.25) is 14.3 Å². The van der Waals surface area contributed by atoms with Crippen molar-refractivity contribution in [3.05, 3.63) is 75.4 Å². The van der Waals surface area contributed by atoms with Crippen LogP contribution in [-0.2, 0) is 11.3 Å². The van der Waals surface area contributed by atoms with Gasteiger partial charge in [0.15, 0.2) is 5.13 Å². The van der Waals surface area contributed by atoms with E-state index in [1.54, 1.807) is 18.2 Å². The molecule has 0 aliphatic heterocycles. The predicted octanol–water partition coefficient (Wildman–Crippen LogP) is 3.78. The second kappa shape index (κ2) is 7.36. The Balaban J connectivity index is 1.52. The first-order valence-electron chi connectivity index (χ1n) is 8.79. The Kier molecular flexibility index (Phi) is 4.75. The summed E-state index contributed by atoms with van der Waals surface area (Å²) in [5.74, 6) is -0.248. The van der Waals surface area contributed by atoms with Crippen molar-refractivity contribution in [2.75, 3.05) is 5.32 Å². The summed E-state index contributed by atoms with van der Waals surface area (Å²) in [6.07, 6.45) is 1.23. The third-order valence-electron chi connectivity index (χ3n) is 4.61. The number of aryl methyl sites for hydroxylation is 2. The number of benzene rings is 2. The number of hydrogen-bond acceptors (Lipinski definition) is 5. The standard InChI is InChI=1S/C21H18N4O2S/c1-13-7-8-15(9-14(13)2)17-12-28-21(23-17)24-20(27)11-25-18-6-4-3-5-16(18)19(26)10-22-25/h3-10,12H,11H2,1-2H3,(H,23,24,27). The van der Waals surface area contributed by atoms with E-state index < -0.39 is 0 Å². The molecule has 0 aliphatic carbocycles. The fourth-order valence-electron chi connectivity index (χ4n) is 2.95. The van der Waals surface area contributed by atoms with Gasteiger partial charge in [-0.05, 0) is 43.2 Å². The third-order valence-corrected chi connectivity index (χ3v) is 5.37. The summed E-state index contributed by atoms with van der Waals surface area (Å²) in [7, 11) is 0. The van der Waals surface area contributed by atoms with Crippen LogP contribution in [0.3, 0.4) is 0 Å². The number of aromatic nitrogens is 3. The Morgan fingerprint density at radius 2 is 1.96 bits per heavy atom. The maximum atomic E-state index is 12.5. The molecule has 28 heavy (non-hydrogen) atoms. The molecule has 2 aromatic heterocycles. The highest BCUT2D eigenvalue weighted by Gasteiger charge is 2.11. The lowest BCUT2D eigenvalue weighted by Crippen LogP contribution is -2.22. The Labute approximate surface area is 165 Å². The van der Waals surface area contributed by atoms with Gasteiger partial charge in [0.25, 0.3) is 0 Å². The molecule has 4 rings (SSSR count). The highest BCUT2D eigenvalue weighted by molar-refractivity contribution is 7.14. The molecule has 2 heterocycles. The van der Waals surface area contributed by atoms with Crippen LogP contribution in [0.25, 0.3) is 22.2 Å². The maximum absolute atomic E-state index is 12.5. The molecule has 7 heteroatoms. The average molecular weight is 390 g/mol. The molecule has 2 aromatic carbocycles. The van der Waals surface area contributed by atoms with Crippen molar-refractivity contribution < 1.29 is 4.79 Å². The first-order chi connectivity index (χ1) is 13.5. The number of rotatable bonds is 4. The Morgan fingerprint density at radius 1 is 1.14 bits per heavy atom. The number of thiazole rings is 1. The van der Waals surface area contributed by atoms with E-state index in [2.05, 4.69) is 41.4 Å². The molecule has 1 amide bonds. The summed E-state index contributed by atoms with van der Waals surface area (Å²) < 4.78 is 1.52. The largest absolute Gasteiger partial charge is 0.300 e. The minimum atomic E-state index is -0.248. The van der Waals surface area contributed by atoms with Gasteiger partial charge in [0.2, 0.25) is 11.3 Å². The van der Waals surface area contributed by atoms with Crippen LogP contribution in [-0.4, -0.2) is 20.7 Å². The van der Waals surface area contributed by atoms with Gasteiger partial charge >= 0.3 is 0 Å². The molecule has 0 atom stereocenters. The normalized spacial score (nSPS) is 10.9. The second-order valence-corrected chi connectivity index (χ2v) is 7.43. The fourth-order valence-corrected chi connectivity index (χ4v) is 3.68. The Hall–Kier alpha value is -3.32. The summed E-state index contributed by atoms with van der Waals surface area (Å²) in [4.78, 5) is 28.9. The summed E-state index contributed by atoms with van der Waals surface area (Å²) >= 11 is 1.38. The maximum Gasteiger partial charge on any atom is 0.247 e. The Bertz CT molecular complexity index is 1240. The van der Waals surface area contributed by atoms with Crippen molar-refractivity contribution in [2.24, 2.45) is 0 Å². The minimum Gasteiger partial charge on any atom is -0.300 e. The van der Waals surface area contributed by atoms with Crippen molar-refractivity contribution in [2.45, 2.75) is 20.4 Å². The van der Waals surface area contributed by atoms with Gasteiger partial charge in [-0.2, -0.15) is 5.10 Å². The van der Waals surface area contributed by atoms with Crippen molar-refractivity contribution in [1.29, 1.82) is 0 Å². The highest BCUT2D eigenvalue weighted by atomic mass is 32.1. The molecule has 1 N–H and O–H groups in total. The van der Waals surface area contributed by atoms with Crippen LogP contribution in [0.15, 0.2) is 58.8 Å². The lowest BCUT2D eigenvalue weighted by atomic mass is 10.1. The number of hydrogen-bond donors (Lipinski definition) is 1. The van der Waals surface area contributed by atoms with E-state index in [0.717, 1.165) is 11.3 Å². The molecular weight excluding hydrogens is 372 g/mol. The molecular formula is C21H18N4O2S. The van der Waals surface area contributed by atoms with Crippen LogP contribution < -0.4 is 10.7 Å². The molecule has 4 aromatic rings. The fraction of sp³-hybridized carbons (Fsp3) is 0.143. The number of carbonyl (C=O) groups is 1. The van der Waals surface area contributed by atoms with Gasteiger partial charge in [-0.15, -0.1) is 11.3 Å². The quantitative estimate of drug-likeness (QED) is 0.575. The summed E-state index contributed by atoms with van der Waals surface area (Å²) in [5, 5.41) is 9.89.